The third kappa shape index (κ3) is 1.98. The monoisotopic (exact) mass is 283 g/mol. The number of hydrogen-bond acceptors (Lipinski definition) is 3. The number of fused-ring (bicyclic) bond motifs is 1. The predicted molar refractivity (Wildman–Crippen MR) is 66.4 cm³/mol. The van der Waals surface area contributed by atoms with Gasteiger partial charge in [-0.1, -0.05) is 0 Å². The molecule has 5 heteroatoms. The van der Waals surface area contributed by atoms with Crippen molar-refractivity contribution in [2.24, 2.45) is 5.73 Å². The fraction of sp³-hybridized carbons (Fsp3) is 0.364. The van der Waals surface area contributed by atoms with Gasteiger partial charge < -0.3 is 14.9 Å². The molecule has 0 amide bonds. The van der Waals surface area contributed by atoms with Crippen LogP contribution in [0.15, 0.2) is 22.8 Å². The van der Waals surface area contributed by atoms with Gasteiger partial charge >= 0.3 is 0 Å². The summed E-state index contributed by atoms with van der Waals surface area (Å²) in [6.07, 6.45) is 1.97. The quantitative estimate of drug-likeness (QED) is 0.938. The third-order valence-electron chi connectivity index (χ3n) is 2.50. The molecule has 0 aliphatic heterocycles. The van der Waals surface area contributed by atoms with E-state index in [9.17, 15) is 0 Å². The molecule has 0 spiro atoms. The van der Waals surface area contributed by atoms with E-state index in [2.05, 4.69) is 20.9 Å². The van der Waals surface area contributed by atoms with Gasteiger partial charge in [0.25, 0.3) is 0 Å². The van der Waals surface area contributed by atoms with Crippen LogP contribution in [0, 0.1) is 6.92 Å². The number of nitrogens with two attached hydrogens (primary N) is 1. The largest absolute Gasteiger partial charge is 0.383 e. The lowest BCUT2D eigenvalue weighted by atomic mass is 10.2. The Labute approximate surface area is 103 Å². The molecule has 0 saturated heterocycles. The van der Waals surface area contributed by atoms with Crippen molar-refractivity contribution in [3.8, 4) is 0 Å². The Kier molecular flexibility index (Phi) is 3.28. The average Bonchev–Trinajstić information content (AvgIpc) is 2.53. The second-order valence-electron chi connectivity index (χ2n) is 3.72. The Morgan fingerprint density at radius 3 is 3.00 bits per heavy atom. The number of nitrogens with zero attached hydrogens (tertiary/aromatic N) is 2. The Bertz CT molecular complexity index is 509. The number of aryl methyl sites for hydroxylation is 1. The minimum absolute atomic E-state index is 0.158. The summed E-state index contributed by atoms with van der Waals surface area (Å²) in [6.45, 7) is 2.45. The first-order chi connectivity index (χ1) is 7.63. The third-order valence-corrected chi connectivity index (χ3v) is 2.97. The van der Waals surface area contributed by atoms with Gasteiger partial charge in [0.1, 0.15) is 5.65 Å². The van der Waals surface area contributed by atoms with Crippen LogP contribution < -0.4 is 5.73 Å². The van der Waals surface area contributed by atoms with E-state index in [1.165, 1.54) is 0 Å². The maximum Gasteiger partial charge on any atom is 0.137 e. The molecule has 0 aliphatic carbocycles. The summed E-state index contributed by atoms with van der Waals surface area (Å²) in [5.41, 5.74) is 8.92. The van der Waals surface area contributed by atoms with Crippen LogP contribution in [0.2, 0.25) is 0 Å². The Balaban J connectivity index is 2.58. The Morgan fingerprint density at radius 1 is 1.56 bits per heavy atom. The summed E-state index contributed by atoms with van der Waals surface area (Å²) in [4.78, 5) is 4.46. The van der Waals surface area contributed by atoms with Crippen LogP contribution in [0.4, 0.5) is 0 Å². The number of aromatic nitrogens is 2. The van der Waals surface area contributed by atoms with E-state index in [4.69, 9.17) is 10.5 Å². The lowest BCUT2D eigenvalue weighted by molar-refractivity contribution is 0.179. The molecular weight excluding hydrogens is 270 g/mol. The van der Waals surface area contributed by atoms with Crippen LogP contribution in [0.5, 0.6) is 0 Å². The highest BCUT2D eigenvalue weighted by Crippen LogP contribution is 2.20. The van der Waals surface area contributed by atoms with Crippen molar-refractivity contribution in [2.45, 2.75) is 13.0 Å². The van der Waals surface area contributed by atoms with Crippen LogP contribution in [-0.2, 0) is 4.74 Å². The molecule has 2 rings (SSSR count). The summed E-state index contributed by atoms with van der Waals surface area (Å²) in [6, 6.07) is 3.77. The molecule has 2 N–H and O–H groups in total. The first-order valence-corrected chi connectivity index (χ1v) is 5.81. The van der Waals surface area contributed by atoms with E-state index in [-0.39, 0.29) is 6.04 Å². The molecule has 0 aromatic carbocycles. The maximum absolute atomic E-state index is 6.07. The molecular formula is C11H14BrN3O. The minimum atomic E-state index is -0.158. The lowest BCUT2D eigenvalue weighted by Gasteiger charge is -2.11. The van der Waals surface area contributed by atoms with Crippen molar-refractivity contribution in [1.29, 1.82) is 0 Å². The van der Waals surface area contributed by atoms with E-state index in [1.54, 1.807) is 7.11 Å². The standard InChI is InChI=1S/C11H14BrN3O/c1-7-11(9(13)6-16-2)15-5-8(12)3-4-10(15)14-7/h3-5,9H,6,13H2,1-2H3. The molecule has 0 radical (unpaired) electrons. The molecule has 0 bridgehead atoms. The molecule has 2 aromatic rings. The molecule has 4 nitrogen and oxygen atoms in total. The highest BCUT2D eigenvalue weighted by Gasteiger charge is 2.15. The van der Waals surface area contributed by atoms with Crippen LogP contribution in [0.25, 0.3) is 5.65 Å². The summed E-state index contributed by atoms with van der Waals surface area (Å²) in [5.74, 6) is 0. The molecule has 1 unspecified atom stereocenters. The molecule has 16 heavy (non-hydrogen) atoms. The number of methoxy groups -OCH3 is 1. The van der Waals surface area contributed by atoms with E-state index >= 15 is 0 Å². The number of imidazole rings is 1. The maximum atomic E-state index is 6.07. The van der Waals surface area contributed by atoms with Crippen molar-refractivity contribution in [1.82, 2.24) is 9.38 Å². The first-order valence-electron chi connectivity index (χ1n) is 5.02. The Morgan fingerprint density at radius 2 is 2.31 bits per heavy atom. The number of halogens is 1. The smallest absolute Gasteiger partial charge is 0.137 e. The summed E-state index contributed by atoms with van der Waals surface area (Å²) in [5, 5.41) is 0. The zero-order valence-electron chi connectivity index (χ0n) is 9.27. The highest BCUT2D eigenvalue weighted by atomic mass is 79.9. The van der Waals surface area contributed by atoms with Gasteiger partial charge in [0, 0.05) is 17.8 Å². The van der Waals surface area contributed by atoms with Crippen molar-refractivity contribution >= 4 is 21.6 Å². The number of ether oxygens (including phenoxy) is 1. The molecule has 2 heterocycles. The van der Waals surface area contributed by atoms with Crippen LogP contribution in [0.1, 0.15) is 17.4 Å². The van der Waals surface area contributed by atoms with Gasteiger partial charge in [-0.3, -0.25) is 0 Å². The van der Waals surface area contributed by atoms with Gasteiger partial charge in [-0.15, -0.1) is 0 Å². The van der Waals surface area contributed by atoms with E-state index in [1.807, 2.05) is 29.7 Å². The molecule has 1 atom stereocenters. The minimum Gasteiger partial charge on any atom is -0.383 e. The molecule has 0 saturated carbocycles. The number of pyridine rings is 1. The summed E-state index contributed by atoms with van der Waals surface area (Å²) < 4.78 is 8.09. The number of hydrogen-bond donors (Lipinski definition) is 1. The van der Waals surface area contributed by atoms with Crippen molar-refractivity contribution in [2.75, 3.05) is 13.7 Å². The summed E-state index contributed by atoms with van der Waals surface area (Å²) in [7, 11) is 1.65. The van der Waals surface area contributed by atoms with Gasteiger partial charge in [0.05, 0.1) is 24.0 Å². The average molecular weight is 284 g/mol. The fourth-order valence-electron chi connectivity index (χ4n) is 1.86. The highest BCUT2D eigenvalue weighted by molar-refractivity contribution is 9.10. The Hall–Kier alpha value is -0.910. The van der Waals surface area contributed by atoms with E-state index < -0.39 is 0 Å². The van der Waals surface area contributed by atoms with Crippen molar-refractivity contribution in [3.63, 3.8) is 0 Å². The second kappa shape index (κ2) is 4.53. The normalized spacial score (nSPS) is 13.2. The van der Waals surface area contributed by atoms with E-state index in [0.29, 0.717) is 6.61 Å². The van der Waals surface area contributed by atoms with Crippen molar-refractivity contribution in [3.05, 3.63) is 34.2 Å². The van der Waals surface area contributed by atoms with Gasteiger partial charge in [-0.2, -0.15) is 0 Å². The SMILES string of the molecule is COCC(N)c1c(C)nc2ccc(Br)cn12. The number of rotatable bonds is 3. The molecule has 2 aromatic heterocycles. The molecule has 86 valence electrons. The molecule has 0 fully saturated rings. The second-order valence-corrected chi connectivity index (χ2v) is 4.64. The van der Waals surface area contributed by atoms with Crippen LogP contribution >= 0.6 is 15.9 Å². The zero-order valence-corrected chi connectivity index (χ0v) is 10.9. The summed E-state index contributed by atoms with van der Waals surface area (Å²) >= 11 is 3.44. The zero-order chi connectivity index (χ0) is 11.7. The van der Waals surface area contributed by atoms with Crippen LogP contribution in [-0.4, -0.2) is 23.1 Å². The predicted octanol–water partition coefficient (Wildman–Crippen LogP) is 2.05. The van der Waals surface area contributed by atoms with Gasteiger partial charge in [0.2, 0.25) is 0 Å². The van der Waals surface area contributed by atoms with Gasteiger partial charge in [-0.25, -0.2) is 4.98 Å². The van der Waals surface area contributed by atoms with Gasteiger partial charge in [-0.05, 0) is 35.0 Å². The molecule has 0 aliphatic rings. The van der Waals surface area contributed by atoms with Crippen LogP contribution in [0.3, 0.4) is 0 Å². The first kappa shape index (κ1) is 11.6. The fourth-order valence-corrected chi connectivity index (χ4v) is 2.20. The van der Waals surface area contributed by atoms with Crippen molar-refractivity contribution < 1.29 is 4.74 Å². The van der Waals surface area contributed by atoms with Gasteiger partial charge in [0.15, 0.2) is 0 Å². The van der Waals surface area contributed by atoms with E-state index in [0.717, 1.165) is 21.5 Å². The topological polar surface area (TPSA) is 52.5 Å². The lowest BCUT2D eigenvalue weighted by Crippen LogP contribution is -2.19.